The highest BCUT2D eigenvalue weighted by molar-refractivity contribution is 9.10. The van der Waals surface area contributed by atoms with Gasteiger partial charge in [-0.1, -0.05) is 46.3 Å². The first-order chi connectivity index (χ1) is 15.6. The van der Waals surface area contributed by atoms with E-state index in [1.54, 1.807) is 12.1 Å². The number of nitrogens with zero attached hydrogens (tertiary/aromatic N) is 4. The topological polar surface area (TPSA) is 89.1 Å². The highest BCUT2D eigenvalue weighted by Gasteiger charge is 2.15. The van der Waals surface area contributed by atoms with Gasteiger partial charge in [-0.25, -0.2) is 19.3 Å². The van der Waals surface area contributed by atoms with Gasteiger partial charge in [-0.3, -0.25) is 4.99 Å². The van der Waals surface area contributed by atoms with Gasteiger partial charge in [0.25, 0.3) is 0 Å². The van der Waals surface area contributed by atoms with E-state index in [2.05, 4.69) is 41.2 Å². The fourth-order valence-corrected chi connectivity index (χ4v) is 4.64. The van der Waals surface area contributed by atoms with Gasteiger partial charge in [0.05, 0.1) is 33.4 Å². The van der Waals surface area contributed by atoms with E-state index >= 15 is 0 Å². The third-order valence-electron chi connectivity index (χ3n) is 4.83. The molecule has 3 aromatic carbocycles. The number of aliphatic imine (C=N–C) groups is 1. The minimum Gasteiger partial charge on any atom is -0.381 e. The molecule has 3 N–H and O–H groups in total. The van der Waals surface area contributed by atoms with E-state index in [1.165, 1.54) is 23.7 Å². The van der Waals surface area contributed by atoms with Crippen molar-refractivity contribution in [1.29, 1.82) is 0 Å². The zero-order chi connectivity index (χ0) is 22.1. The van der Waals surface area contributed by atoms with Crippen LogP contribution < -0.4 is 11.1 Å². The minimum atomic E-state index is -0.388. The largest absolute Gasteiger partial charge is 0.381 e. The highest BCUT2D eigenvalue weighted by atomic mass is 79.9. The van der Waals surface area contributed by atoms with E-state index in [0.29, 0.717) is 33.4 Å². The molecule has 0 aliphatic carbocycles. The van der Waals surface area contributed by atoms with Crippen LogP contribution in [-0.4, -0.2) is 20.8 Å². The first-order valence-electron chi connectivity index (χ1n) is 9.69. The van der Waals surface area contributed by atoms with Crippen LogP contribution in [0.5, 0.6) is 0 Å². The van der Waals surface area contributed by atoms with Crippen LogP contribution in [0.1, 0.15) is 10.6 Å². The molecule has 5 aromatic rings. The standard InChI is InChI=1S/C23H16BrFN6S/c24-14-6-7-16(15(25)10-14)30-22-19-17(28-12-29-22)8-9-18-20(19)32-23(31-18)21(26)27-11-13-4-2-1-3-5-13/h1-10,12H,11H2,(H2,26,27)(H,28,29,30). The number of rotatable bonds is 5. The second-order valence-corrected chi connectivity index (χ2v) is 8.90. The summed E-state index contributed by atoms with van der Waals surface area (Å²) < 4.78 is 15.9. The number of aromatic nitrogens is 3. The lowest BCUT2D eigenvalue weighted by molar-refractivity contribution is 0.631. The summed E-state index contributed by atoms with van der Waals surface area (Å²) in [4.78, 5) is 17.9. The Labute approximate surface area is 195 Å². The Balaban J connectivity index is 1.56. The lowest BCUT2D eigenvalue weighted by Crippen LogP contribution is -2.13. The van der Waals surface area contributed by atoms with Gasteiger partial charge in [-0.2, -0.15) is 0 Å². The molecule has 32 heavy (non-hydrogen) atoms. The molecule has 0 saturated carbocycles. The summed E-state index contributed by atoms with van der Waals surface area (Å²) in [7, 11) is 0. The molecule has 0 atom stereocenters. The maximum absolute atomic E-state index is 14.4. The number of nitrogens with two attached hydrogens (primary N) is 1. The first-order valence-corrected chi connectivity index (χ1v) is 11.3. The summed E-state index contributed by atoms with van der Waals surface area (Å²) in [6.07, 6.45) is 1.45. The van der Waals surface area contributed by atoms with Gasteiger partial charge in [-0.15, -0.1) is 11.3 Å². The van der Waals surface area contributed by atoms with E-state index in [4.69, 9.17) is 5.73 Å². The predicted octanol–water partition coefficient (Wildman–Crippen LogP) is 5.79. The van der Waals surface area contributed by atoms with Crippen LogP contribution in [0.15, 0.2) is 76.5 Å². The van der Waals surface area contributed by atoms with Crippen molar-refractivity contribution < 1.29 is 4.39 Å². The van der Waals surface area contributed by atoms with Gasteiger partial charge in [0.1, 0.15) is 18.0 Å². The maximum Gasteiger partial charge on any atom is 0.159 e. The van der Waals surface area contributed by atoms with Crippen LogP contribution >= 0.6 is 27.3 Å². The number of nitrogens with one attached hydrogen (secondary N) is 1. The SMILES string of the molecule is NC(=NCc1ccccc1)c1nc2ccc3ncnc(Nc4ccc(Br)cc4F)c3c2s1. The minimum absolute atomic E-state index is 0.318. The van der Waals surface area contributed by atoms with Crippen molar-refractivity contribution in [1.82, 2.24) is 15.0 Å². The zero-order valence-corrected chi connectivity index (χ0v) is 19.0. The smallest absolute Gasteiger partial charge is 0.159 e. The Bertz CT molecular complexity index is 1470. The summed E-state index contributed by atoms with van der Waals surface area (Å²) in [5.41, 5.74) is 9.11. The predicted molar refractivity (Wildman–Crippen MR) is 131 cm³/mol. The molecule has 2 aromatic heterocycles. The second kappa shape index (κ2) is 8.60. The van der Waals surface area contributed by atoms with Crippen molar-refractivity contribution in [3.63, 3.8) is 0 Å². The third-order valence-corrected chi connectivity index (χ3v) is 6.44. The van der Waals surface area contributed by atoms with Crippen LogP contribution in [0.2, 0.25) is 0 Å². The van der Waals surface area contributed by atoms with Crippen molar-refractivity contribution in [2.75, 3.05) is 5.32 Å². The Hall–Kier alpha value is -3.43. The van der Waals surface area contributed by atoms with E-state index in [0.717, 1.165) is 26.7 Å². The second-order valence-electron chi connectivity index (χ2n) is 6.99. The van der Waals surface area contributed by atoms with Crippen LogP contribution in [0.4, 0.5) is 15.9 Å². The summed E-state index contributed by atoms with van der Waals surface area (Å²) in [6, 6.07) is 18.5. The number of amidine groups is 1. The number of anilines is 2. The third kappa shape index (κ3) is 4.04. The van der Waals surface area contributed by atoms with Crippen LogP contribution in [0, 0.1) is 5.82 Å². The fourth-order valence-electron chi connectivity index (χ4n) is 3.28. The van der Waals surface area contributed by atoms with E-state index in [1.807, 2.05) is 42.5 Å². The molecule has 0 saturated heterocycles. The molecule has 0 bridgehead atoms. The molecule has 2 heterocycles. The number of hydrogen-bond donors (Lipinski definition) is 2. The summed E-state index contributed by atoms with van der Waals surface area (Å²) in [5.74, 6) is 0.478. The van der Waals surface area contributed by atoms with Crippen LogP contribution in [0.3, 0.4) is 0 Å². The van der Waals surface area contributed by atoms with E-state index in [9.17, 15) is 4.39 Å². The number of halogens is 2. The van der Waals surface area contributed by atoms with Crippen molar-refractivity contribution in [2.24, 2.45) is 10.7 Å². The lowest BCUT2D eigenvalue weighted by Gasteiger charge is -2.09. The Morgan fingerprint density at radius 1 is 1.06 bits per heavy atom. The number of thiazole rings is 1. The zero-order valence-electron chi connectivity index (χ0n) is 16.6. The number of benzene rings is 3. The average molecular weight is 507 g/mol. The van der Waals surface area contributed by atoms with Gasteiger partial charge in [0.2, 0.25) is 0 Å². The molecular formula is C23H16BrFN6S. The van der Waals surface area contributed by atoms with Gasteiger partial charge in [-0.05, 0) is 35.9 Å². The van der Waals surface area contributed by atoms with Crippen molar-refractivity contribution in [2.45, 2.75) is 6.54 Å². The lowest BCUT2D eigenvalue weighted by atomic mass is 10.2. The molecule has 0 aliphatic rings. The van der Waals surface area contributed by atoms with Crippen molar-refractivity contribution in [3.05, 3.63) is 87.9 Å². The average Bonchev–Trinajstić information content (AvgIpc) is 3.25. The van der Waals surface area contributed by atoms with Gasteiger partial charge >= 0.3 is 0 Å². The summed E-state index contributed by atoms with van der Waals surface area (Å²) in [5, 5.41) is 4.47. The molecule has 0 fully saturated rings. The van der Waals surface area contributed by atoms with Crippen molar-refractivity contribution >= 4 is 65.7 Å². The van der Waals surface area contributed by atoms with Crippen LogP contribution in [-0.2, 0) is 6.54 Å². The molecule has 0 amide bonds. The number of fused-ring (bicyclic) bond motifs is 3. The summed E-state index contributed by atoms with van der Waals surface area (Å²) in [6.45, 7) is 0.474. The monoisotopic (exact) mass is 506 g/mol. The van der Waals surface area contributed by atoms with E-state index in [-0.39, 0.29) is 5.82 Å². The van der Waals surface area contributed by atoms with Gasteiger partial charge in [0.15, 0.2) is 10.8 Å². The molecule has 0 spiro atoms. The molecule has 0 unspecified atom stereocenters. The molecule has 158 valence electrons. The molecule has 0 aliphatic heterocycles. The van der Waals surface area contributed by atoms with Crippen molar-refractivity contribution in [3.8, 4) is 0 Å². The molecule has 0 radical (unpaired) electrons. The fraction of sp³-hybridized carbons (Fsp3) is 0.0435. The Kier molecular flexibility index (Phi) is 5.50. The van der Waals surface area contributed by atoms with Gasteiger partial charge in [0, 0.05) is 4.47 Å². The highest BCUT2D eigenvalue weighted by Crippen LogP contribution is 2.35. The van der Waals surface area contributed by atoms with Crippen LogP contribution in [0.25, 0.3) is 21.1 Å². The summed E-state index contributed by atoms with van der Waals surface area (Å²) >= 11 is 4.69. The quantitative estimate of drug-likeness (QED) is 0.232. The normalized spacial score (nSPS) is 11.9. The van der Waals surface area contributed by atoms with Gasteiger partial charge < -0.3 is 11.1 Å². The maximum atomic E-state index is 14.4. The van der Waals surface area contributed by atoms with E-state index < -0.39 is 0 Å². The molecule has 9 heteroatoms. The Morgan fingerprint density at radius 2 is 1.88 bits per heavy atom. The first kappa shape index (κ1) is 20.5. The molecule has 6 nitrogen and oxygen atoms in total. The molecule has 5 rings (SSSR count). The molecular weight excluding hydrogens is 491 g/mol. The Morgan fingerprint density at radius 3 is 2.69 bits per heavy atom. The number of hydrogen-bond acceptors (Lipinski definition) is 6.